The summed E-state index contributed by atoms with van der Waals surface area (Å²) in [5.41, 5.74) is -0.632. The van der Waals surface area contributed by atoms with Crippen LogP contribution in [0.15, 0.2) is 0 Å². The van der Waals surface area contributed by atoms with Gasteiger partial charge in [0, 0.05) is 6.42 Å². The molecule has 0 aliphatic carbocycles. The average Bonchev–Trinajstić information content (AvgIpc) is 2.90. The third-order valence-electron chi connectivity index (χ3n) is 3.13. The normalized spacial score (nSPS) is 27.4. The third kappa shape index (κ3) is 3.76. The number of rotatable bonds is 2. The van der Waals surface area contributed by atoms with Crippen molar-refractivity contribution in [3.05, 3.63) is 0 Å². The molecule has 2 rings (SSSR count). The molecule has 0 aromatic heterocycles. The van der Waals surface area contributed by atoms with Crippen LogP contribution in [0, 0.1) is 0 Å². The van der Waals surface area contributed by atoms with Crippen LogP contribution >= 0.6 is 11.8 Å². The highest BCUT2D eigenvalue weighted by Gasteiger charge is 2.49. The predicted molar refractivity (Wildman–Crippen MR) is 78.1 cm³/mol. The number of fused-ring (bicyclic) bond motifs is 1. The van der Waals surface area contributed by atoms with Crippen LogP contribution in [0.25, 0.3) is 0 Å². The number of hydrogen-bond acceptors (Lipinski definition) is 7. The van der Waals surface area contributed by atoms with Gasteiger partial charge in [-0.3, -0.25) is 9.69 Å². The molecule has 0 saturated carbocycles. The Bertz CT molecular complexity index is 478. The monoisotopic (exact) mass is 332 g/mol. The van der Waals surface area contributed by atoms with E-state index in [4.69, 9.17) is 9.47 Å². The van der Waals surface area contributed by atoms with Gasteiger partial charge in [-0.25, -0.2) is 9.59 Å². The molecule has 0 aromatic rings. The van der Waals surface area contributed by atoms with Gasteiger partial charge in [0.1, 0.15) is 11.6 Å². The number of methoxy groups -OCH3 is 1. The predicted octanol–water partition coefficient (Wildman–Crippen LogP) is 1.29. The summed E-state index contributed by atoms with van der Waals surface area (Å²) in [6, 6.07) is -0.670. The van der Waals surface area contributed by atoms with Gasteiger partial charge in [-0.1, -0.05) is 0 Å². The van der Waals surface area contributed by atoms with Crippen molar-refractivity contribution in [2.75, 3.05) is 12.9 Å². The summed E-state index contributed by atoms with van der Waals surface area (Å²) < 4.78 is 14.6. The van der Waals surface area contributed by atoms with Gasteiger partial charge < -0.3 is 19.5 Å². The Balaban J connectivity index is 1.95. The van der Waals surface area contributed by atoms with Crippen molar-refractivity contribution in [2.24, 2.45) is 0 Å². The number of amides is 2. The second kappa shape index (κ2) is 6.23. The molecule has 0 unspecified atom stereocenters. The molecule has 0 aromatic carbocycles. The van der Waals surface area contributed by atoms with Crippen LogP contribution < -0.4 is 5.32 Å². The Hall–Kier alpha value is -1.64. The highest BCUT2D eigenvalue weighted by Crippen LogP contribution is 2.38. The summed E-state index contributed by atoms with van der Waals surface area (Å²) in [6.45, 7) is 5.24. The van der Waals surface area contributed by atoms with Gasteiger partial charge in [0.25, 0.3) is 0 Å². The zero-order valence-corrected chi connectivity index (χ0v) is 13.8. The van der Waals surface area contributed by atoms with E-state index in [1.165, 1.54) is 23.8 Å². The number of nitrogens with zero attached hydrogens (tertiary/aromatic N) is 1. The minimum absolute atomic E-state index is 0.123. The molecule has 2 aliphatic rings. The van der Waals surface area contributed by atoms with Crippen molar-refractivity contribution in [1.29, 1.82) is 0 Å². The van der Waals surface area contributed by atoms with E-state index in [9.17, 15) is 14.4 Å². The zero-order valence-electron chi connectivity index (χ0n) is 13.0. The van der Waals surface area contributed by atoms with Crippen molar-refractivity contribution in [1.82, 2.24) is 10.2 Å². The fraction of sp³-hybridized carbons (Fsp3) is 0.769. The standard InChI is InChI=1S/C13H20N2O6S/c1-13(2,3)21-11(17)14-7-5-9-15(10(7)16)8(6-22-9)20-12(18)19-4/h7-9H,5-6H2,1-4H3,(H,14,17)/t7-,8-,9+/m1/s1. The third-order valence-corrected chi connectivity index (χ3v) is 4.41. The van der Waals surface area contributed by atoms with E-state index < -0.39 is 30.1 Å². The molecule has 0 spiro atoms. The lowest BCUT2D eigenvalue weighted by molar-refractivity contribution is -0.137. The number of carbonyl (C=O) groups is 3. The smallest absolute Gasteiger partial charge is 0.444 e. The second-order valence-corrected chi connectivity index (χ2v) is 7.21. The molecule has 2 fully saturated rings. The molecular formula is C13H20N2O6S. The van der Waals surface area contributed by atoms with Crippen molar-refractivity contribution < 1.29 is 28.6 Å². The highest BCUT2D eigenvalue weighted by atomic mass is 32.2. The van der Waals surface area contributed by atoms with Crippen LogP contribution in [0.2, 0.25) is 0 Å². The molecule has 22 heavy (non-hydrogen) atoms. The number of carbonyl (C=O) groups excluding carboxylic acids is 3. The Morgan fingerprint density at radius 1 is 1.36 bits per heavy atom. The van der Waals surface area contributed by atoms with Crippen molar-refractivity contribution >= 4 is 29.9 Å². The van der Waals surface area contributed by atoms with E-state index in [-0.39, 0.29) is 11.3 Å². The Morgan fingerprint density at radius 3 is 2.64 bits per heavy atom. The molecule has 1 N–H and O–H groups in total. The first-order valence-electron chi connectivity index (χ1n) is 6.89. The van der Waals surface area contributed by atoms with Crippen LogP contribution in [0.1, 0.15) is 27.2 Å². The highest BCUT2D eigenvalue weighted by molar-refractivity contribution is 8.00. The van der Waals surface area contributed by atoms with Gasteiger partial charge in [0.2, 0.25) is 5.91 Å². The average molecular weight is 332 g/mol. The van der Waals surface area contributed by atoms with Gasteiger partial charge in [-0.2, -0.15) is 0 Å². The summed E-state index contributed by atoms with van der Waals surface area (Å²) in [4.78, 5) is 36.8. The molecule has 2 amide bonds. The maximum absolute atomic E-state index is 12.4. The summed E-state index contributed by atoms with van der Waals surface area (Å²) in [5.74, 6) is 0.208. The summed E-state index contributed by atoms with van der Waals surface area (Å²) >= 11 is 1.50. The Kier molecular flexibility index (Phi) is 4.74. The number of thioether (sulfide) groups is 1. The van der Waals surface area contributed by atoms with Crippen LogP contribution in [0.4, 0.5) is 9.59 Å². The molecular weight excluding hydrogens is 312 g/mol. The maximum atomic E-state index is 12.4. The van der Waals surface area contributed by atoms with E-state index in [0.29, 0.717) is 12.2 Å². The zero-order chi connectivity index (χ0) is 16.5. The minimum Gasteiger partial charge on any atom is -0.444 e. The molecule has 2 heterocycles. The van der Waals surface area contributed by atoms with Gasteiger partial charge in [-0.05, 0) is 20.8 Å². The van der Waals surface area contributed by atoms with E-state index in [2.05, 4.69) is 10.1 Å². The van der Waals surface area contributed by atoms with Gasteiger partial charge in [0.15, 0.2) is 6.23 Å². The van der Waals surface area contributed by atoms with E-state index in [1.54, 1.807) is 20.8 Å². The van der Waals surface area contributed by atoms with E-state index in [1.807, 2.05) is 0 Å². The first kappa shape index (κ1) is 16.7. The number of hydrogen-bond donors (Lipinski definition) is 1. The minimum atomic E-state index is -0.831. The number of nitrogens with one attached hydrogen (secondary N) is 1. The Labute approximate surface area is 132 Å². The molecule has 2 saturated heterocycles. The molecule has 3 atom stereocenters. The van der Waals surface area contributed by atoms with Crippen LogP contribution in [-0.4, -0.2) is 59.2 Å². The van der Waals surface area contributed by atoms with Gasteiger partial charge in [0.05, 0.1) is 18.2 Å². The Morgan fingerprint density at radius 2 is 2.05 bits per heavy atom. The molecule has 0 bridgehead atoms. The molecule has 9 heteroatoms. The fourth-order valence-corrected chi connectivity index (χ4v) is 3.65. The maximum Gasteiger partial charge on any atom is 0.509 e. The second-order valence-electron chi connectivity index (χ2n) is 5.99. The fourth-order valence-electron chi connectivity index (χ4n) is 2.31. The van der Waals surface area contributed by atoms with Crippen molar-refractivity contribution in [3.8, 4) is 0 Å². The molecule has 124 valence electrons. The van der Waals surface area contributed by atoms with E-state index >= 15 is 0 Å². The summed E-state index contributed by atoms with van der Waals surface area (Å²) in [7, 11) is 1.21. The van der Waals surface area contributed by atoms with Crippen molar-refractivity contribution in [2.45, 2.75) is 50.4 Å². The summed E-state index contributed by atoms with van der Waals surface area (Å²) in [5, 5.41) is 2.44. The lowest BCUT2D eigenvalue weighted by atomic mass is 10.2. The van der Waals surface area contributed by atoms with E-state index in [0.717, 1.165) is 0 Å². The summed E-state index contributed by atoms with van der Waals surface area (Å²) in [6.07, 6.45) is -1.69. The largest absolute Gasteiger partial charge is 0.509 e. The van der Waals surface area contributed by atoms with Crippen molar-refractivity contribution in [3.63, 3.8) is 0 Å². The van der Waals surface area contributed by atoms with Gasteiger partial charge >= 0.3 is 12.2 Å². The number of ether oxygens (including phenoxy) is 3. The molecule has 2 aliphatic heterocycles. The lowest BCUT2D eigenvalue weighted by Crippen LogP contribution is -2.46. The SMILES string of the molecule is COC(=O)O[C@@H]1CS[C@H]2C[C@@H](NC(=O)OC(C)(C)C)C(=O)N21. The topological polar surface area (TPSA) is 94.2 Å². The van der Waals surface area contributed by atoms with Crippen LogP contribution in [0.5, 0.6) is 0 Å². The lowest BCUT2D eigenvalue weighted by Gasteiger charge is -2.23. The van der Waals surface area contributed by atoms with Crippen LogP contribution in [0.3, 0.4) is 0 Å². The van der Waals surface area contributed by atoms with Crippen LogP contribution in [-0.2, 0) is 19.0 Å². The number of alkyl carbamates (subject to hydrolysis) is 1. The molecule has 0 radical (unpaired) electrons. The first-order chi connectivity index (χ1) is 10.2. The molecule has 8 nitrogen and oxygen atoms in total. The van der Waals surface area contributed by atoms with Gasteiger partial charge in [-0.15, -0.1) is 11.8 Å². The first-order valence-corrected chi connectivity index (χ1v) is 7.94. The quantitative estimate of drug-likeness (QED) is 0.762.